The first-order valence-corrected chi connectivity index (χ1v) is 11.8. The molecule has 0 saturated heterocycles. The zero-order valence-electron chi connectivity index (χ0n) is 18.9. The van der Waals surface area contributed by atoms with Crippen LogP contribution in [0.3, 0.4) is 0 Å². The minimum atomic E-state index is -3.93. The first-order valence-electron chi connectivity index (χ1n) is 10.3. The summed E-state index contributed by atoms with van der Waals surface area (Å²) in [5, 5.41) is 2.70. The lowest BCUT2D eigenvalue weighted by Gasteiger charge is -2.17. The molecule has 10 heteroatoms. The Balaban J connectivity index is 1.70. The maximum atomic E-state index is 13.1. The number of nitrogens with one attached hydrogen (secondary N) is 2. The number of methoxy groups -OCH3 is 2. The topological polar surface area (TPSA) is 103 Å². The van der Waals surface area contributed by atoms with Crippen molar-refractivity contribution in [3.8, 4) is 17.2 Å². The number of hydrogen-bond acceptors (Lipinski definition) is 6. The van der Waals surface area contributed by atoms with Gasteiger partial charge in [-0.25, -0.2) is 12.8 Å². The Bertz CT molecular complexity index is 1230. The fourth-order valence-electron chi connectivity index (χ4n) is 3.04. The van der Waals surface area contributed by atoms with Crippen molar-refractivity contribution in [3.05, 3.63) is 72.5 Å². The molecule has 3 aromatic carbocycles. The first-order chi connectivity index (χ1) is 16.2. The van der Waals surface area contributed by atoms with Gasteiger partial charge in [-0.3, -0.25) is 9.52 Å². The molecule has 0 radical (unpaired) electrons. The van der Waals surface area contributed by atoms with Crippen LogP contribution in [-0.4, -0.2) is 34.6 Å². The van der Waals surface area contributed by atoms with Gasteiger partial charge < -0.3 is 19.5 Å². The quantitative estimate of drug-likeness (QED) is 0.437. The lowest BCUT2D eigenvalue weighted by molar-refractivity contribution is -0.122. The molecule has 180 valence electrons. The van der Waals surface area contributed by atoms with E-state index in [4.69, 9.17) is 14.2 Å². The highest BCUT2D eigenvalue weighted by Gasteiger charge is 2.20. The molecule has 0 aliphatic rings. The molecule has 2 N–H and O–H groups in total. The average molecular weight is 489 g/mol. The molecule has 3 rings (SSSR count). The summed E-state index contributed by atoms with van der Waals surface area (Å²) in [5.41, 5.74) is 0.618. The summed E-state index contributed by atoms with van der Waals surface area (Å²) in [6.07, 6.45) is -0.432. The SMILES string of the molecule is CC[C@H](Oc1ccc(F)cc1)C(=O)Nc1ccc(S(=O)(=O)Nc2cc(OC)ccc2OC)cc1. The van der Waals surface area contributed by atoms with E-state index in [9.17, 15) is 17.6 Å². The van der Waals surface area contributed by atoms with E-state index in [1.54, 1.807) is 19.1 Å². The van der Waals surface area contributed by atoms with Gasteiger partial charge in [0.15, 0.2) is 6.10 Å². The van der Waals surface area contributed by atoms with Crippen molar-refractivity contribution in [1.29, 1.82) is 0 Å². The average Bonchev–Trinajstić information content (AvgIpc) is 2.83. The summed E-state index contributed by atoms with van der Waals surface area (Å²) in [6, 6.07) is 15.8. The summed E-state index contributed by atoms with van der Waals surface area (Å²) >= 11 is 0. The molecule has 0 fully saturated rings. The molecule has 0 saturated carbocycles. The van der Waals surface area contributed by atoms with E-state index < -0.39 is 27.9 Å². The maximum absolute atomic E-state index is 13.1. The number of benzene rings is 3. The zero-order valence-corrected chi connectivity index (χ0v) is 19.7. The minimum Gasteiger partial charge on any atom is -0.497 e. The number of amides is 1. The lowest BCUT2D eigenvalue weighted by Crippen LogP contribution is -2.32. The van der Waals surface area contributed by atoms with Crippen LogP contribution in [0.25, 0.3) is 0 Å². The third-order valence-corrected chi connectivity index (χ3v) is 6.22. The number of anilines is 2. The Kier molecular flexibility index (Phi) is 7.95. The number of halogens is 1. The van der Waals surface area contributed by atoms with E-state index in [1.165, 1.54) is 68.8 Å². The number of sulfonamides is 1. The zero-order chi connectivity index (χ0) is 24.7. The molecule has 0 aliphatic heterocycles. The van der Waals surface area contributed by atoms with Crippen molar-refractivity contribution in [1.82, 2.24) is 0 Å². The van der Waals surface area contributed by atoms with Gasteiger partial charge in [0.2, 0.25) is 0 Å². The van der Waals surface area contributed by atoms with Crippen molar-refractivity contribution in [2.45, 2.75) is 24.3 Å². The van der Waals surface area contributed by atoms with Crippen LogP contribution in [0.2, 0.25) is 0 Å². The molecule has 1 atom stereocenters. The molecule has 8 nitrogen and oxygen atoms in total. The van der Waals surface area contributed by atoms with Gasteiger partial charge in [0.1, 0.15) is 23.1 Å². The Morgan fingerprint density at radius 2 is 1.59 bits per heavy atom. The van der Waals surface area contributed by atoms with E-state index in [1.807, 2.05) is 0 Å². The second kappa shape index (κ2) is 10.9. The fraction of sp³-hybridized carbons (Fsp3) is 0.208. The van der Waals surface area contributed by atoms with Crippen LogP contribution in [0, 0.1) is 5.82 Å². The van der Waals surface area contributed by atoms with Gasteiger partial charge in [-0.15, -0.1) is 0 Å². The van der Waals surface area contributed by atoms with E-state index in [0.717, 1.165) is 0 Å². The van der Waals surface area contributed by atoms with Crippen molar-refractivity contribution in [2.24, 2.45) is 0 Å². The van der Waals surface area contributed by atoms with Crippen LogP contribution in [0.4, 0.5) is 15.8 Å². The van der Waals surface area contributed by atoms with E-state index in [2.05, 4.69) is 10.0 Å². The highest BCUT2D eigenvalue weighted by molar-refractivity contribution is 7.92. The molecule has 0 aliphatic carbocycles. The molecule has 3 aromatic rings. The highest BCUT2D eigenvalue weighted by atomic mass is 32.2. The van der Waals surface area contributed by atoms with Crippen molar-refractivity contribution < 1.29 is 31.8 Å². The van der Waals surface area contributed by atoms with Crippen molar-refractivity contribution in [2.75, 3.05) is 24.3 Å². The molecule has 0 heterocycles. The van der Waals surface area contributed by atoms with Gasteiger partial charge >= 0.3 is 0 Å². The largest absolute Gasteiger partial charge is 0.497 e. The van der Waals surface area contributed by atoms with E-state index in [-0.39, 0.29) is 10.6 Å². The number of ether oxygens (including phenoxy) is 3. The molecular formula is C24H25FN2O6S. The lowest BCUT2D eigenvalue weighted by atomic mass is 10.2. The summed E-state index contributed by atoms with van der Waals surface area (Å²) in [4.78, 5) is 12.6. The van der Waals surface area contributed by atoms with Crippen LogP contribution >= 0.6 is 0 Å². The molecule has 0 bridgehead atoms. The van der Waals surface area contributed by atoms with Gasteiger partial charge in [-0.1, -0.05) is 6.92 Å². The van der Waals surface area contributed by atoms with Gasteiger partial charge in [0, 0.05) is 11.8 Å². The number of carbonyl (C=O) groups excluding carboxylic acids is 1. The second-order valence-electron chi connectivity index (χ2n) is 7.15. The monoisotopic (exact) mass is 488 g/mol. The Hall–Kier alpha value is -3.79. The summed E-state index contributed by atoms with van der Waals surface area (Å²) in [7, 11) is -1.03. The Morgan fingerprint density at radius 1 is 0.941 bits per heavy atom. The predicted octanol–water partition coefficient (Wildman–Crippen LogP) is 4.44. The van der Waals surface area contributed by atoms with Crippen LogP contribution in [0.1, 0.15) is 13.3 Å². The molecule has 0 spiro atoms. The van der Waals surface area contributed by atoms with Crippen molar-refractivity contribution >= 4 is 27.3 Å². The van der Waals surface area contributed by atoms with Gasteiger partial charge in [0.25, 0.3) is 15.9 Å². The number of rotatable bonds is 10. The third-order valence-electron chi connectivity index (χ3n) is 4.84. The van der Waals surface area contributed by atoms with Gasteiger partial charge in [-0.05, 0) is 67.1 Å². The standard InChI is InChI=1S/C24H25FN2O6S/c1-4-22(33-18-9-5-16(25)6-10-18)24(28)26-17-7-12-20(13-8-17)34(29,30)27-21-15-19(31-2)11-14-23(21)32-3/h5-15,22,27H,4H2,1-3H3,(H,26,28)/t22-/m0/s1. The summed E-state index contributed by atoms with van der Waals surface area (Å²) in [6.45, 7) is 1.78. The predicted molar refractivity (Wildman–Crippen MR) is 127 cm³/mol. The van der Waals surface area contributed by atoms with Crippen LogP contribution in [0.15, 0.2) is 71.6 Å². The maximum Gasteiger partial charge on any atom is 0.265 e. The summed E-state index contributed by atoms with van der Waals surface area (Å²) in [5.74, 6) is 0.342. The Morgan fingerprint density at radius 3 is 2.18 bits per heavy atom. The first kappa shape index (κ1) is 24.8. The number of carbonyl (C=O) groups is 1. The number of hydrogen-bond donors (Lipinski definition) is 2. The second-order valence-corrected chi connectivity index (χ2v) is 8.84. The molecule has 34 heavy (non-hydrogen) atoms. The van der Waals surface area contributed by atoms with Gasteiger partial charge in [-0.2, -0.15) is 0 Å². The fourth-order valence-corrected chi connectivity index (χ4v) is 4.10. The van der Waals surface area contributed by atoms with Crippen molar-refractivity contribution in [3.63, 3.8) is 0 Å². The minimum absolute atomic E-state index is 0.00928. The molecular weight excluding hydrogens is 463 g/mol. The Labute approximate surface area is 197 Å². The summed E-state index contributed by atoms with van der Waals surface area (Å²) < 4.78 is 57.2. The highest BCUT2D eigenvalue weighted by Crippen LogP contribution is 2.31. The molecule has 0 aromatic heterocycles. The third kappa shape index (κ3) is 6.16. The van der Waals surface area contributed by atoms with Crippen LogP contribution in [-0.2, 0) is 14.8 Å². The van der Waals surface area contributed by atoms with Crippen LogP contribution in [0.5, 0.6) is 17.2 Å². The van der Waals surface area contributed by atoms with Gasteiger partial charge in [0.05, 0.1) is 24.8 Å². The van der Waals surface area contributed by atoms with E-state index in [0.29, 0.717) is 29.4 Å². The van der Waals surface area contributed by atoms with E-state index >= 15 is 0 Å². The molecule has 0 unspecified atom stereocenters. The molecule has 1 amide bonds. The van der Waals surface area contributed by atoms with Crippen LogP contribution < -0.4 is 24.2 Å². The normalized spacial score (nSPS) is 11.9. The smallest absolute Gasteiger partial charge is 0.265 e.